The summed E-state index contributed by atoms with van der Waals surface area (Å²) in [5, 5.41) is 7.86. The number of anilines is 1. The zero-order valence-electron chi connectivity index (χ0n) is 18.1. The molecule has 1 N–H and O–H groups in total. The number of nitrogens with zero attached hydrogens (tertiary/aromatic N) is 3. The topological polar surface area (TPSA) is 93.5 Å². The Labute approximate surface area is 198 Å². The smallest absolute Gasteiger partial charge is 0.243 e. The standard InChI is InChI=1S/C23H25ClN4O4S/c1-32-19-6-8-20(9-7-19)33(30,31)27-14-11-17(12-15-27)23(29)26-22-10-13-25-28(22)16-18-4-2-3-5-21(18)24/h2-10,13,17H,11-12,14-16H2,1H3,(H,26,29). The van der Waals surface area contributed by atoms with E-state index in [1.807, 2.05) is 24.3 Å². The molecule has 0 unspecified atom stereocenters. The first-order chi connectivity index (χ1) is 15.9. The molecule has 2 aromatic carbocycles. The molecule has 1 aliphatic rings. The normalized spacial score (nSPS) is 15.3. The van der Waals surface area contributed by atoms with Crippen LogP contribution in [0, 0.1) is 5.92 Å². The van der Waals surface area contributed by atoms with E-state index in [2.05, 4.69) is 10.4 Å². The average Bonchev–Trinajstić information content (AvgIpc) is 3.27. The second-order valence-corrected chi connectivity index (χ2v) is 10.2. The van der Waals surface area contributed by atoms with E-state index in [0.717, 1.165) is 5.56 Å². The zero-order chi connectivity index (χ0) is 23.4. The van der Waals surface area contributed by atoms with Crippen LogP contribution < -0.4 is 10.1 Å². The number of carbonyl (C=O) groups is 1. The number of rotatable bonds is 7. The fourth-order valence-electron chi connectivity index (χ4n) is 3.84. The van der Waals surface area contributed by atoms with Crippen LogP contribution in [0.3, 0.4) is 0 Å². The van der Waals surface area contributed by atoms with Crippen LogP contribution in [0.25, 0.3) is 0 Å². The number of halogens is 1. The van der Waals surface area contributed by atoms with Crippen LogP contribution in [0.1, 0.15) is 18.4 Å². The van der Waals surface area contributed by atoms with Gasteiger partial charge in [0.05, 0.1) is 24.7 Å². The molecule has 1 aromatic heterocycles. The summed E-state index contributed by atoms with van der Waals surface area (Å²) in [7, 11) is -2.08. The number of nitrogens with one attached hydrogen (secondary N) is 1. The van der Waals surface area contributed by atoms with Crippen molar-refractivity contribution in [2.24, 2.45) is 5.92 Å². The van der Waals surface area contributed by atoms with Gasteiger partial charge in [-0.05, 0) is 48.7 Å². The van der Waals surface area contributed by atoms with Crippen molar-refractivity contribution in [1.29, 1.82) is 0 Å². The maximum atomic E-state index is 12.9. The van der Waals surface area contributed by atoms with E-state index in [1.54, 1.807) is 29.1 Å². The zero-order valence-corrected chi connectivity index (χ0v) is 19.7. The Morgan fingerprint density at radius 2 is 1.82 bits per heavy atom. The van der Waals surface area contributed by atoms with E-state index in [4.69, 9.17) is 16.3 Å². The molecule has 0 spiro atoms. The summed E-state index contributed by atoms with van der Waals surface area (Å²) in [6.45, 7) is 0.998. The second-order valence-electron chi connectivity index (χ2n) is 7.81. The van der Waals surface area contributed by atoms with E-state index in [-0.39, 0.29) is 29.8 Å². The number of amides is 1. The van der Waals surface area contributed by atoms with E-state index in [0.29, 0.717) is 36.0 Å². The molecule has 1 saturated heterocycles. The van der Waals surface area contributed by atoms with Gasteiger partial charge in [0.1, 0.15) is 11.6 Å². The number of piperidine rings is 1. The van der Waals surface area contributed by atoms with Crippen molar-refractivity contribution < 1.29 is 17.9 Å². The first kappa shape index (κ1) is 23.3. The SMILES string of the molecule is COc1ccc(S(=O)(=O)N2CCC(C(=O)Nc3ccnn3Cc3ccccc3Cl)CC2)cc1. The van der Waals surface area contributed by atoms with Crippen molar-refractivity contribution in [3.05, 3.63) is 71.4 Å². The highest BCUT2D eigenvalue weighted by Gasteiger charge is 2.32. The largest absolute Gasteiger partial charge is 0.497 e. The fourth-order valence-corrected chi connectivity index (χ4v) is 5.50. The van der Waals surface area contributed by atoms with E-state index in [9.17, 15) is 13.2 Å². The number of ether oxygens (including phenoxy) is 1. The third kappa shape index (κ3) is 5.21. The minimum absolute atomic E-state index is 0.141. The van der Waals surface area contributed by atoms with Crippen LogP contribution in [-0.2, 0) is 21.4 Å². The van der Waals surface area contributed by atoms with Gasteiger partial charge in [-0.2, -0.15) is 9.40 Å². The molecule has 174 valence electrons. The number of hydrogen-bond donors (Lipinski definition) is 1. The highest BCUT2D eigenvalue weighted by Crippen LogP contribution is 2.26. The lowest BCUT2D eigenvalue weighted by Crippen LogP contribution is -2.41. The fraction of sp³-hybridized carbons (Fsp3) is 0.304. The molecule has 0 aliphatic carbocycles. The molecular formula is C23H25ClN4O4S. The molecule has 10 heteroatoms. The minimum atomic E-state index is -3.61. The lowest BCUT2D eigenvalue weighted by molar-refractivity contribution is -0.121. The molecule has 33 heavy (non-hydrogen) atoms. The number of hydrogen-bond acceptors (Lipinski definition) is 5. The third-order valence-corrected chi connectivity index (χ3v) is 8.05. The summed E-state index contributed by atoms with van der Waals surface area (Å²) in [5.41, 5.74) is 0.899. The summed E-state index contributed by atoms with van der Waals surface area (Å²) in [6, 6.07) is 15.5. The first-order valence-electron chi connectivity index (χ1n) is 10.6. The number of sulfonamides is 1. The Hall–Kier alpha value is -2.88. The van der Waals surface area contributed by atoms with Gasteiger partial charge in [-0.3, -0.25) is 4.79 Å². The predicted octanol–water partition coefficient (Wildman–Crippen LogP) is 3.63. The Kier molecular flexibility index (Phi) is 7.02. The van der Waals surface area contributed by atoms with Crippen LogP contribution in [0.4, 0.5) is 5.82 Å². The minimum Gasteiger partial charge on any atom is -0.497 e. The van der Waals surface area contributed by atoms with Gasteiger partial charge in [-0.15, -0.1) is 0 Å². The van der Waals surface area contributed by atoms with Gasteiger partial charge < -0.3 is 10.1 Å². The van der Waals surface area contributed by atoms with Gasteiger partial charge in [-0.1, -0.05) is 29.8 Å². The maximum absolute atomic E-state index is 12.9. The van der Waals surface area contributed by atoms with E-state index < -0.39 is 10.0 Å². The van der Waals surface area contributed by atoms with Gasteiger partial charge in [0, 0.05) is 30.1 Å². The summed E-state index contributed by atoms with van der Waals surface area (Å²) >= 11 is 6.24. The highest BCUT2D eigenvalue weighted by atomic mass is 35.5. The second kappa shape index (κ2) is 9.94. The summed E-state index contributed by atoms with van der Waals surface area (Å²) in [4.78, 5) is 13.1. The molecule has 1 aliphatic heterocycles. The maximum Gasteiger partial charge on any atom is 0.243 e. The van der Waals surface area contributed by atoms with Crippen LogP contribution in [0.15, 0.2) is 65.7 Å². The first-order valence-corrected chi connectivity index (χ1v) is 12.4. The summed E-state index contributed by atoms with van der Waals surface area (Å²) < 4.78 is 34.1. The van der Waals surface area contributed by atoms with Crippen LogP contribution in [0.2, 0.25) is 5.02 Å². The highest BCUT2D eigenvalue weighted by molar-refractivity contribution is 7.89. The summed E-state index contributed by atoms with van der Waals surface area (Å²) in [5.74, 6) is 0.750. The molecule has 2 heterocycles. The lowest BCUT2D eigenvalue weighted by atomic mass is 9.97. The number of methoxy groups -OCH3 is 1. The van der Waals surface area contributed by atoms with Crippen LogP contribution >= 0.6 is 11.6 Å². The monoisotopic (exact) mass is 488 g/mol. The van der Waals surface area contributed by atoms with Gasteiger partial charge in [0.25, 0.3) is 0 Å². The Bertz CT molecular complexity index is 1220. The molecular weight excluding hydrogens is 464 g/mol. The molecule has 1 fully saturated rings. The molecule has 0 bridgehead atoms. The molecule has 1 amide bonds. The molecule has 0 radical (unpaired) electrons. The van der Waals surface area contributed by atoms with Gasteiger partial charge in [0.2, 0.25) is 15.9 Å². The predicted molar refractivity (Wildman–Crippen MR) is 126 cm³/mol. The average molecular weight is 489 g/mol. The van der Waals surface area contributed by atoms with Crippen molar-refractivity contribution in [3.8, 4) is 5.75 Å². The molecule has 0 atom stereocenters. The van der Waals surface area contributed by atoms with Gasteiger partial charge >= 0.3 is 0 Å². The van der Waals surface area contributed by atoms with E-state index >= 15 is 0 Å². The number of aromatic nitrogens is 2. The van der Waals surface area contributed by atoms with Gasteiger partial charge in [-0.25, -0.2) is 13.1 Å². The Morgan fingerprint density at radius 1 is 1.12 bits per heavy atom. The van der Waals surface area contributed by atoms with Crippen molar-refractivity contribution in [2.75, 3.05) is 25.5 Å². The molecule has 3 aromatic rings. The van der Waals surface area contributed by atoms with Crippen molar-refractivity contribution in [3.63, 3.8) is 0 Å². The third-order valence-electron chi connectivity index (χ3n) is 5.77. The quantitative estimate of drug-likeness (QED) is 0.548. The van der Waals surface area contributed by atoms with E-state index in [1.165, 1.54) is 23.5 Å². The number of benzene rings is 2. The van der Waals surface area contributed by atoms with Crippen molar-refractivity contribution in [2.45, 2.75) is 24.3 Å². The molecule has 8 nitrogen and oxygen atoms in total. The Morgan fingerprint density at radius 3 is 2.48 bits per heavy atom. The van der Waals surface area contributed by atoms with Crippen molar-refractivity contribution in [1.82, 2.24) is 14.1 Å². The molecule has 0 saturated carbocycles. The van der Waals surface area contributed by atoms with Gasteiger partial charge in [0.15, 0.2) is 0 Å². The van der Waals surface area contributed by atoms with Crippen LogP contribution in [0.5, 0.6) is 5.75 Å². The van der Waals surface area contributed by atoms with Crippen molar-refractivity contribution >= 4 is 33.3 Å². The molecule has 4 rings (SSSR count). The number of carbonyl (C=O) groups excluding carboxylic acids is 1. The Balaban J connectivity index is 1.36. The summed E-state index contributed by atoms with van der Waals surface area (Å²) in [6.07, 6.45) is 2.51. The lowest BCUT2D eigenvalue weighted by Gasteiger charge is -2.30. The van der Waals surface area contributed by atoms with Crippen LogP contribution in [-0.4, -0.2) is 48.6 Å².